The lowest BCUT2D eigenvalue weighted by Gasteiger charge is -2.05. The molecule has 0 aliphatic rings. The molecule has 2 aromatic rings. The zero-order valence-corrected chi connectivity index (χ0v) is 11.7. The van der Waals surface area contributed by atoms with Gasteiger partial charge in [-0.15, -0.1) is 0 Å². The van der Waals surface area contributed by atoms with E-state index in [1.54, 1.807) is 27.1 Å². The number of hydrogen-bond acceptors (Lipinski definition) is 6. The van der Waals surface area contributed by atoms with Crippen molar-refractivity contribution in [1.82, 2.24) is 19.6 Å². The van der Waals surface area contributed by atoms with Crippen molar-refractivity contribution in [2.75, 3.05) is 12.4 Å². The largest absolute Gasteiger partial charge is 0.464 e. The summed E-state index contributed by atoms with van der Waals surface area (Å²) in [6.45, 7) is 1.78. The van der Waals surface area contributed by atoms with Crippen LogP contribution in [0.4, 0.5) is 11.5 Å². The zero-order valence-electron chi connectivity index (χ0n) is 11.7. The van der Waals surface area contributed by atoms with E-state index in [-0.39, 0.29) is 11.3 Å². The highest BCUT2D eigenvalue weighted by Crippen LogP contribution is 2.14. The van der Waals surface area contributed by atoms with Crippen LogP contribution in [0.2, 0.25) is 0 Å². The van der Waals surface area contributed by atoms with Gasteiger partial charge in [-0.05, 0) is 13.0 Å². The molecule has 8 nitrogen and oxygen atoms in total. The number of nitrogens with one attached hydrogen (secondary N) is 1. The second-order valence-electron chi connectivity index (χ2n) is 4.28. The van der Waals surface area contributed by atoms with Crippen LogP contribution in [0.3, 0.4) is 0 Å². The van der Waals surface area contributed by atoms with E-state index in [9.17, 15) is 9.59 Å². The minimum absolute atomic E-state index is 0.277. The quantitative estimate of drug-likeness (QED) is 0.814. The van der Waals surface area contributed by atoms with Crippen LogP contribution in [0.5, 0.6) is 0 Å². The topological polar surface area (TPSA) is 91.0 Å². The van der Waals surface area contributed by atoms with Crippen molar-refractivity contribution in [3.05, 3.63) is 33.9 Å². The molecule has 0 fully saturated rings. The zero-order chi connectivity index (χ0) is 14.9. The summed E-state index contributed by atoms with van der Waals surface area (Å²) >= 11 is 0. The summed E-state index contributed by atoms with van der Waals surface area (Å²) in [5.41, 5.74) is 1.05. The van der Waals surface area contributed by atoms with E-state index in [2.05, 4.69) is 20.3 Å². The van der Waals surface area contributed by atoms with Crippen molar-refractivity contribution >= 4 is 17.5 Å². The van der Waals surface area contributed by atoms with Crippen LogP contribution in [-0.2, 0) is 18.8 Å². The first kappa shape index (κ1) is 13.8. The highest BCUT2D eigenvalue weighted by Gasteiger charge is 2.14. The minimum atomic E-state index is -0.494. The van der Waals surface area contributed by atoms with E-state index in [4.69, 9.17) is 0 Å². The van der Waals surface area contributed by atoms with Crippen LogP contribution in [0.1, 0.15) is 16.2 Å². The number of aryl methyl sites for hydroxylation is 3. The van der Waals surface area contributed by atoms with Gasteiger partial charge >= 0.3 is 5.97 Å². The third kappa shape index (κ3) is 2.53. The van der Waals surface area contributed by atoms with Gasteiger partial charge in [0.1, 0.15) is 11.4 Å². The number of ether oxygens (including phenoxy) is 1. The van der Waals surface area contributed by atoms with Gasteiger partial charge in [0.2, 0.25) is 0 Å². The SMILES string of the molecule is COC(=O)c1cc(Nc2cc(C)nn(C)c2=O)nn1C. The van der Waals surface area contributed by atoms with Crippen LogP contribution in [0.15, 0.2) is 16.9 Å². The van der Waals surface area contributed by atoms with Gasteiger partial charge in [0.15, 0.2) is 5.82 Å². The Morgan fingerprint density at radius 3 is 2.60 bits per heavy atom. The molecule has 0 aromatic carbocycles. The van der Waals surface area contributed by atoms with E-state index >= 15 is 0 Å². The summed E-state index contributed by atoms with van der Waals surface area (Å²) < 4.78 is 7.26. The number of nitrogens with zero attached hydrogens (tertiary/aromatic N) is 4. The lowest BCUT2D eigenvalue weighted by atomic mass is 10.3. The second-order valence-corrected chi connectivity index (χ2v) is 4.28. The standard InChI is InChI=1S/C12H15N5O3/c1-7-5-8(11(18)17(3)14-7)13-10-6-9(12(19)20-4)16(2)15-10/h5-6H,1-4H3,(H,13,15). The number of carbonyl (C=O) groups excluding carboxylic acids is 1. The summed E-state index contributed by atoms with van der Waals surface area (Å²) in [5, 5.41) is 11.0. The van der Waals surface area contributed by atoms with Gasteiger partial charge in [0.25, 0.3) is 5.56 Å². The average molecular weight is 277 g/mol. The van der Waals surface area contributed by atoms with E-state index in [1.165, 1.54) is 22.5 Å². The van der Waals surface area contributed by atoms with Crippen molar-refractivity contribution < 1.29 is 9.53 Å². The first-order valence-electron chi connectivity index (χ1n) is 5.86. The summed E-state index contributed by atoms with van der Waals surface area (Å²) in [5.74, 6) is -0.109. The van der Waals surface area contributed by atoms with Crippen LogP contribution < -0.4 is 10.9 Å². The number of hydrogen-bond donors (Lipinski definition) is 1. The molecule has 0 radical (unpaired) electrons. The molecular formula is C12H15N5O3. The minimum Gasteiger partial charge on any atom is -0.464 e. The molecule has 0 saturated heterocycles. The fourth-order valence-corrected chi connectivity index (χ4v) is 1.81. The van der Waals surface area contributed by atoms with Crippen molar-refractivity contribution in [3.8, 4) is 0 Å². The molecule has 8 heteroatoms. The van der Waals surface area contributed by atoms with E-state index in [1.807, 2.05) is 0 Å². The number of aromatic nitrogens is 4. The molecule has 2 heterocycles. The normalized spacial score (nSPS) is 10.4. The lowest BCUT2D eigenvalue weighted by molar-refractivity contribution is 0.0588. The maximum atomic E-state index is 11.9. The van der Waals surface area contributed by atoms with Crippen molar-refractivity contribution in [3.63, 3.8) is 0 Å². The third-order valence-electron chi connectivity index (χ3n) is 2.72. The number of esters is 1. The Bertz CT molecular complexity index is 716. The highest BCUT2D eigenvalue weighted by atomic mass is 16.5. The van der Waals surface area contributed by atoms with Gasteiger partial charge in [0, 0.05) is 20.2 Å². The van der Waals surface area contributed by atoms with E-state index in [0.29, 0.717) is 17.2 Å². The Morgan fingerprint density at radius 1 is 1.25 bits per heavy atom. The molecule has 0 amide bonds. The third-order valence-corrected chi connectivity index (χ3v) is 2.72. The molecule has 106 valence electrons. The number of methoxy groups -OCH3 is 1. The predicted octanol–water partition coefficient (Wildman–Crippen LogP) is 0.352. The van der Waals surface area contributed by atoms with Crippen molar-refractivity contribution in [2.45, 2.75) is 6.92 Å². The first-order valence-corrected chi connectivity index (χ1v) is 5.86. The summed E-state index contributed by atoms with van der Waals surface area (Å²) in [6.07, 6.45) is 0. The first-order chi connectivity index (χ1) is 9.42. The van der Waals surface area contributed by atoms with Gasteiger partial charge in [-0.3, -0.25) is 9.48 Å². The van der Waals surface area contributed by atoms with Crippen LogP contribution in [0, 0.1) is 6.92 Å². The van der Waals surface area contributed by atoms with Crippen LogP contribution >= 0.6 is 0 Å². The Morgan fingerprint density at radius 2 is 1.95 bits per heavy atom. The molecule has 0 spiro atoms. The van der Waals surface area contributed by atoms with Gasteiger partial charge in [-0.1, -0.05) is 0 Å². The Labute approximate surface area is 115 Å². The molecule has 0 bridgehead atoms. The fourth-order valence-electron chi connectivity index (χ4n) is 1.81. The molecule has 0 aliphatic heterocycles. The fraction of sp³-hybridized carbons (Fsp3) is 0.333. The smallest absolute Gasteiger partial charge is 0.356 e. The average Bonchev–Trinajstić information content (AvgIpc) is 2.75. The maximum Gasteiger partial charge on any atom is 0.356 e. The van der Waals surface area contributed by atoms with E-state index in [0.717, 1.165) is 0 Å². The molecule has 2 aromatic heterocycles. The summed E-state index contributed by atoms with van der Waals surface area (Å²) in [6, 6.07) is 3.13. The van der Waals surface area contributed by atoms with Gasteiger partial charge in [-0.25, -0.2) is 9.48 Å². The number of carbonyl (C=O) groups is 1. The van der Waals surface area contributed by atoms with Gasteiger partial charge < -0.3 is 10.1 Å². The van der Waals surface area contributed by atoms with Crippen LogP contribution in [-0.4, -0.2) is 32.6 Å². The highest BCUT2D eigenvalue weighted by molar-refractivity contribution is 5.88. The molecule has 0 saturated carbocycles. The predicted molar refractivity (Wildman–Crippen MR) is 72.0 cm³/mol. The monoisotopic (exact) mass is 277 g/mol. The molecule has 2 rings (SSSR count). The molecule has 0 unspecified atom stereocenters. The maximum absolute atomic E-state index is 11.9. The van der Waals surface area contributed by atoms with E-state index < -0.39 is 5.97 Å². The van der Waals surface area contributed by atoms with Gasteiger partial charge in [-0.2, -0.15) is 10.2 Å². The Hall–Kier alpha value is -2.64. The molecule has 0 aliphatic carbocycles. The molecule has 0 atom stereocenters. The Balaban J connectivity index is 2.36. The van der Waals surface area contributed by atoms with Crippen molar-refractivity contribution in [1.29, 1.82) is 0 Å². The van der Waals surface area contributed by atoms with Crippen LogP contribution in [0.25, 0.3) is 0 Å². The number of rotatable bonds is 3. The van der Waals surface area contributed by atoms with Gasteiger partial charge in [0.05, 0.1) is 12.8 Å². The summed E-state index contributed by atoms with van der Waals surface area (Å²) in [7, 11) is 4.48. The second kappa shape index (κ2) is 5.16. The Kier molecular flexibility index (Phi) is 3.55. The lowest BCUT2D eigenvalue weighted by Crippen LogP contribution is -2.22. The summed E-state index contributed by atoms with van der Waals surface area (Å²) in [4.78, 5) is 23.4. The van der Waals surface area contributed by atoms with Crippen molar-refractivity contribution in [2.24, 2.45) is 14.1 Å². The molecule has 20 heavy (non-hydrogen) atoms. The number of anilines is 2. The molecule has 1 N–H and O–H groups in total. The molecular weight excluding hydrogens is 262 g/mol.